The molecule has 0 bridgehead atoms. The minimum Gasteiger partial charge on any atom is -0.481 e. The molecule has 2 heterocycles. The first-order chi connectivity index (χ1) is 13.6. The number of hydrogen-bond acceptors (Lipinski definition) is 3. The van der Waals surface area contributed by atoms with Crippen molar-refractivity contribution in [3.63, 3.8) is 0 Å². The molecule has 1 aliphatic heterocycles. The molecule has 148 valence electrons. The van der Waals surface area contributed by atoms with E-state index in [9.17, 15) is 14.7 Å². The van der Waals surface area contributed by atoms with Gasteiger partial charge >= 0.3 is 5.97 Å². The first kappa shape index (κ1) is 19.2. The third-order valence-corrected chi connectivity index (χ3v) is 7.82. The Balaban J connectivity index is 1.57. The van der Waals surface area contributed by atoms with Crippen molar-refractivity contribution >= 4 is 23.2 Å². The minimum absolute atomic E-state index is 0.210. The summed E-state index contributed by atoms with van der Waals surface area (Å²) < 4.78 is 0. The molecule has 2 aromatic rings. The average Bonchev–Trinajstić information content (AvgIpc) is 3.30. The van der Waals surface area contributed by atoms with E-state index in [0.29, 0.717) is 25.9 Å². The average molecular weight is 398 g/mol. The van der Waals surface area contributed by atoms with Crippen molar-refractivity contribution in [1.82, 2.24) is 4.90 Å². The first-order valence-corrected chi connectivity index (χ1v) is 11.1. The van der Waals surface area contributed by atoms with Crippen LogP contribution in [0.3, 0.4) is 0 Å². The number of benzene rings is 1. The maximum Gasteiger partial charge on any atom is 0.314 e. The monoisotopic (exact) mass is 397 g/mol. The highest BCUT2D eigenvalue weighted by atomic mass is 32.1. The van der Waals surface area contributed by atoms with Crippen LogP contribution in [0.25, 0.3) is 0 Å². The summed E-state index contributed by atoms with van der Waals surface area (Å²) in [6, 6.07) is 13.6. The van der Waals surface area contributed by atoms with E-state index in [1.165, 1.54) is 11.3 Å². The molecule has 1 aliphatic carbocycles. The molecule has 2 aliphatic rings. The van der Waals surface area contributed by atoms with E-state index in [1.54, 1.807) is 11.3 Å². The molecule has 0 radical (unpaired) electrons. The molecular weight excluding hydrogens is 370 g/mol. The lowest BCUT2D eigenvalue weighted by atomic mass is 9.70. The highest BCUT2D eigenvalue weighted by molar-refractivity contribution is 7.10. The SMILES string of the molecule is O=C(O)C1(c2ccccc2)CCN(C(=O)C2(c3cccs3)CCCCC2)CC1. The van der Waals surface area contributed by atoms with Gasteiger partial charge in [0.2, 0.25) is 5.91 Å². The maximum atomic E-state index is 13.7. The zero-order valence-electron chi connectivity index (χ0n) is 16.1. The van der Waals surface area contributed by atoms with Gasteiger partial charge in [-0.05, 0) is 42.7 Å². The number of aliphatic carboxylic acids is 1. The molecule has 1 amide bonds. The summed E-state index contributed by atoms with van der Waals surface area (Å²) in [4.78, 5) is 29.0. The highest BCUT2D eigenvalue weighted by Crippen LogP contribution is 2.44. The van der Waals surface area contributed by atoms with Crippen LogP contribution in [-0.2, 0) is 20.4 Å². The number of carbonyl (C=O) groups excluding carboxylic acids is 1. The second-order valence-corrected chi connectivity index (χ2v) is 9.11. The number of carboxylic acids is 1. The summed E-state index contributed by atoms with van der Waals surface area (Å²) >= 11 is 1.68. The standard InChI is InChI=1S/C23H27NO3S/c25-20(23(11-5-2-6-12-23)19-10-7-17-28-19)24-15-13-22(14-16-24,21(26)27)18-8-3-1-4-9-18/h1,3-4,7-10,17H,2,5-6,11-16H2,(H,26,27). The summed E-state index contributed by atoms with van der Waals surface area (Å²) in [5.74, 6) is -0.571. The second-order valence-electron chi connectivity index (χ2n) is 8.17. The van der Waals surface area contributed by atoms with Crippen LogP contribution in [0, 0.1) is 0 Å². The summed E-state index contributed by atoms with van der Waals surface area (Å²) in [5, 5.41) is 12.1. The van der Waals surface area contributed by atoms with Crippen LogP contribution in [-0.4, -0.2) is 35.0 Å². The molecule has 0 atom stereocenters. The van der Waals surface area contributed by atoms with Crippen LogP contribution in [0.2, 0.25) is 0 Å². The van der Waals surface area contributed by atoms with Gasteiger partial charge in [0.1, 0.15) is 0 Å². The number of carbonyl (C=O) groups is 2. The second kappa shape index (κ2) is 7.70. The summed E-state index contributed by atoms with van der Waals surface area (Å²) in [7, 11) is 0. The Bertz CT molecular complexity index is 817. The van der Waals surface area contributed by atoms with Gasteiger partial charge in [0.15, 0.2) is 0 Å². The molecule has 2 fully saturated rings. The van der Waals surface area contributed by atoms with Crippen molar-refractivity contribution in [2.24, 2.45) is 0 Å². The van der Waals surface area contributed by atoms with Crippen LogP contribution in [0.4, 0.5) is 0 Å². The molecule has 5 heteroatoms. The fourth-order valence-electron chi connectivity index (χ4n) is 5.05. The van der Waals surface area contributed by atoms with Crippen molar-refractivity contribution in [2.75, 3.05) is 13.1 Å². The van der Waals surface area contributed by atoms with Crippen molar-refractivity contribution < 1.29 is 14.7 Å². The van der Waals surface area contributed by atoms with Crippen LogP contribution in [0.15, 0.2) is 47.8 Å². The van der Waals surface area contributed by atoms with Gasteiger partial charge in [-0.2, -0.15) is 0 Å². The van der Waals surface area contributed by atoms with Gasteiger partial charge in [0, 0.05) is 18.0 Å². The molecule has 4 rings (SSSR count). The van der Waals surface area contributed by atoms with E-state index in [2.05, 4.69) is 11.4 Å². The van der Waals surface area contributed by atoms with Gasteiger partial charge in [-0.3, -0.25) is 9.59 Å². The molecule has 1 aromatic heterocycles. The Morgan fingerprint density at radius 3 is 2.11 bits per heavy atom. The van der Waals surface area contributed by atoms with Crippen molar-refractivity contribution in [3.8, 4) is 0 Å². The maximum absolute atomic E-state index is 13.7. The quantitative estimate of drug-likeness (QED) is 0.821. The van der Waals surface area contributed by atoms with E-state index < -0.39 is 16.8 Å². The zero-order chi connectivity index (χ0) is 19.6. The Hall–Kier alpha value is -2.14. The molecular formula is C23H27NO3S. The van der Waals surface area contributed by atoms with E-state index in [1.807, 2.05) is 41.3 Å². The normalized spacial score (nSPS) is 21.2. The number of hydrogen-bond donors (Lipinski definition) is 1. The first-order valence-electron chi connectivity index (χ1n) is 10.2. The lowest BCUT2D eigenvalue weighted by Crippen LogP contribution is -2.54. The third kappa shape index (κ3) is 3.16. The highest BCUT2D eigenvalue weighted by Gasteiger charge is 2.48. The van der Waals surface area contributed by atoms with E-state index in [-0.39, 0.29) is 5.91 Å². The van der Waals surface area contributed by atoms with Crippen LogP contribution >= 0.6 is 11.3 Å². The molecule has 1 N–H and O–H groups in total. The molecule has 28 heavy (non-hydrogen) atoms. The molecule has 4 nitrogen and oxygen atoms in total. The van der Waals surface area contributed by atoms with Gasteiger partial charge in [0.25, 0.3) is 0 Å². The number of piperidine rings is 1. The number of thiophene rings is 1. The number of likely N-dealkylation sites (tertiary alicyclic amines) is 1. The third-order valence-electron chi connectivity index (χ3n) is 6.75. The molecule has 1 aromatic carbocycles. The predicted molar refractivity (Wildman–Crippen MR) is 111 cm³/mol. The molecule has 1 saturated carbocycles. The summed E-state index contributed by atoms with van der Waals surface area (Å²) in [6.07, 6.45) is 6.12. The van der Waals surface area contributed by atoms with Gasteiger partial charge in [-0.25, -0.2) is 0 Å². The fourth-order valence-corrected chi connectivity index (χ4v) is 6.03. The summed E-state index contributed by atoms with van der Waals surface area (Å²) in [5.41, 5.74) is -0.441. The summed E-state index contributed by atoms with van der Waals surface area (Å²) in [6.45, 7) is 1.01. The predicted octanol–water partition coefficient (Wildman–Crippen LogP) is 4.60. The van der Waals surface area contributed by atoms with Crippen LogP contribution in [0.1, 0.15) is 55.4 Å². The largest absolute Gasteiger partial charge is 0.481 e. The fraction of sp³-hybridized carbons (Fsp3) is 0.478. The lowest BCUT2D eigenvalue weighted by Gasteiger charge is -2.44. The van der Waals surface area contributed by atoms with Crippen molar-refractivity contribution in [2.45, 2.75) is 55.8 Å². The Labute approximate surface area is 170 Å². The van der Waals surface area contributed by atoms with Crippen molar-refractivity contribution in [1.29, 1.82) is 0 Å². The minimum atomic E-state index is -0.888. The van der Waals surface area contributed by atoms with Gasteiger partial charge in [-0.1, -0.05) is 55.7 Å². The van der Waals surface area contributed by atoms with Gasteiger partial charge in [-0.15, -0.1) is 11.3 Å². The zero-order valence-corrected chi connectivity index (χ0v) is 16.9. The molecule has 1 saturated heterocycles. The Morgan fingerprint density at radius 1 is 0.857 bits per heavy atom. The Morgan fingerprint density at radius 2 is 1.54 bits per heavy atom. The molecule has 0 spiro atoms. The lowest BCUT2D eigenvalue weighted by molar-refractivity contribution is -0.150. The molecule has 0 unspecified atom stereocenters. The smallest absolute Gasteiger partial charge is 0.314 e. The Kier molecular flexibility index (Phi) is 5.28. The number of nitrogens with zero attached hydrogens (tertiary/aromatic N) is 1. The number of amides is 1. The van der Waals surface area contributed by atoms with E-state index >= 15 is 0 Å². The van der Waals surface area contributed by atoms with E-state index in [0.717, 1.165) is 31.2 Å². The van der Waals surface area contributed by atoms with Crippen LogP contribution < -0.4 is 0 Å². The topological polar surface area (TPSA) is 57.6 Å². The van der Waals surface area contributed by atoms with Gasteiger partial charge < -0.3 is 10.0 Å². The van der Waals surface area contributed by atoms with Crippen LogP contribution in [0.5, 0.6) is 0 Å². The number of carboxylic acid groups (broad SMARTS) is 1. The number of rotatable bonds is 4. The van der Waals surface area contributed by atoms with E-state index in [4.69, 9.17) is 0 Å². The van der Waals surface area contributed by atoms with Gasteiger partial charge in [0.05, 0.1) is 10.8 Å². The van der Waals surface area contributed by atoms with Crippen molar-refractivity contribution in [3.05, 3.63) is 58.3 Å².